The summed E-state index contributed by atoms with van der Waals surface area (Å²) in [6, 6.07) is 9.24. The van der Waals surface area contributed by atoms with Gasteiger partial charge >= 0.3 is 0 Å². The third-order valence-electron chi connectivity index (χ3n) is 4.14. The van der Waals surface area contributed by atoms with E-state index < -0.39 is 0 Å². The number of aromatic amines is 1. The van der Waals surface area contributed by atoms with Gasteiger partial charge in [0, 0.05) is 41.3 Å². The first-order valence-electron chi connectivity index (χ1n) is 7.29. The predicted octanol–water partition coefficient (Wildman–Crippen LogP) is 2.18. The van der Waals surface area contributed by atoms with Crippen LogP contribution in [-0.4, -0.2) is 41.5 Å². The maximum Gasteiger partial charge on any atom is 0.251 e. The molecule has 1 amide bonds. The van der Waals surface area contributed by atoms with Crippen LogP contribution in [0.3, 0.4) is 0 Å². The van der Waals surface area contributed by atoms with Gasteiger partial charge in [-0.3, -0.25) is 9.69 Å². The van der Waals surface area contributed by atoms with Gasteiger partial charge in [-0.15, -0.1) is 0 Å². The van der Waals surface area contributed by atoms with Crippen LogP contribution in [0.5, 0.6) is 0 Å². The molecule has 3 rings (SSSR count). The lowest BCUT2D eigenvalue weighted by molar-refractivity contribution is 0.0941. The fourth-order valence-electron chi connectivity index (χ4n) is 2.98. The number of nitrogens with zero attached hydrogens (tertiary/aromatic N) is 1. The van der Waals surface area contributed by atoms with Crippen LogP contribution in [0.2, 0.25) is 0 Å². The number of nitrogens with one attached hydrogen (secondary N) is 2. The molecule has 1 aromatic heterocycles. The Bertz CT molecular complexity index is 605. The highest BCUT2D eigenvalue weighted by Crippen LogP contribution is 2.16. The molecule has 2 aromatic rings. The smallest absolute Gasteiger partial charge is 0.251 e. The van der Waals surface area contributed by atoms with E-state index in [2.05, 4.69) is 28.2 Å². The third kappa shape index (κ3) is 2.56. The maximum atomic E-state index is 12.2. The number of fused-ring (bicyclic) bond motifs is 1. The minimum atomic E-state index is 0.00412. The van der Waals surface area contributed by atoms with E-state index in [0.717, 1.165) is 30.5 Å². The molecule has 20 heavy (non-hydrogen) atoms. The van der Waals surface area contributed by atoms with Gasteiger partial charge in [0.05, 0.1) is 0 Å². The van der Waals surface area contributed by atoms with E-state index in [1.807, 2.05) is 18.2 Å². The largest absolute Gasteiger partial charge is 0.361 e. The summed E-state index contributed by atoms with van der Waals surface area (Å²) in [7, 11) is 0. The Hall–Kier alpha value is -1.81. The molecule has 1 saturated heterocycles. The van der Waals surface area contributed by atoms with Crippen molar-refractivity contribution in [2.24, 2.45) is 0 Å². The quantitative estimate of drug-likeness (QED) is 0.894. The van der Waals surface area contributed by atoms with Crippen LogP contribution in [0, 0.1) is 6.07 Å². The van der Waals surface area contributed by atoms with Gasteiger partial charge < -0.3 is 10.3 Å². The monoisotopic (exact) mass is 270 g/mol. The average Bonchev–Trinajstić information content (AvgIpc) is 3.12. The molecule has 4 nitrogen and oxygen atoms in total. The van der Waals surface area contributed by atoms with Crippen molar-refractivity contribution in [2.75, 3.05) is 19.6 Å². The molecule has 1 aliphatic rings. The fourth-order valence-corrected chi connectivity index (χ4v) is 2.98. The zero-order chi connectivity index (χ0) is 13.9. The number of likely N-dealkylation sites (N-methyl/N-ethyl adjacent to an activating group) is 1. The van der Waals surface area contributed by atoms with E-state index in [0.29, 0.717) is 11.6 Å². The zero-order valence-electron chi connectivity index (χ0n) is 11.8. The summed E-state index contributed by atoms with van der Waals surface area (Å²) in [5, 5.41) is 4.07. The van der Waals surface area contributed by atoms with Crippen LogP contribution >= 0.6 is 0 Å². The number of hydrogen-bond acceptors (Lipinski definition) is 2. The maximum absolute atomic E-state index is 12.2. The Kier molecular flexibility index (Phi) is 3.74. The van der Waals surface area contributed by atoms with Gasteiger partial charge in [0.15, 0.2) is 0 Å². The highest BCUT2D eigenvalue weighted by Gasteiger charge is 2.23. The van der Waals surface area contributed by atoms with Crippen LogP contribution in [0.1, 0.15) is 30.1 Å². The van der Waals surface area contributed by atoms with Crippen LogP contribution in [0.25, 0.3) is 10.9 Å². The number of aromatic nitrogens is 1. The number of rotatable bonds is 4. The van der Waals surface area contributed by atoms with Crippen LogP contribution in [0.15, 0.2) is 24.4 Å². The topological polar surface area (TPSA) is 48.1 Å². The Morgan fingerprint density at radius 3 is 3.30 bits per heavy atom. The number of amides is 1. The van der Waals surface area contributed by atoms with Crippen LogP contribution in [0.4, 0.5) is 0 Å². The molecule has 1 aliphatic heterocycles. The number of likely N-dealkylation sites (tertiary alicyclic amines) is 1. The second-order valence-corrected chi connectivity index (χ2v) is 5.33. The summed E-state index contributed by atoms with van der Waals surface area (Å²) in [4.78, 5) is 17.7. The Labute approximate surface area is 119 Å². The van der Waals surface area contributed by atoms with Gasteiger partial charge in [-0.25, -0.2) is 0 Å². The third-order valence-corrected chi connectivity index (χ3v) is 4.14. The molecule has 1 radical (unpaired) electrons. The van der Waals surface area contributed by atoms with E-state index in [-0.39, 0.29) is 5.91 Å². The van der Waals surface area contributed by atoms with E-state index in [1.165, 1.54) is 12.8 Å². The first-order valence-corrected chi connectivity index (χ1v) is 7.29. The average molecular weight is 270 g/mol. The van der Waals surface area contributed by atoms with Crippen molar-refractivity contribution >= 4 is 16.8 Å². The second-order valence-electron chi connectivity index (χ2n) is 5.33. The lowest BCUT2D eigenvalue weighted by Crippen LogP contribution is -2.40. The molecule has 4 heteroatoms. The summed E-state index contributed by atoms with van der Waals surface area (Å²) >= 11 is 0. The Morgan fingerprint density at radius 2 is 2.45 bits per heavy atom. The molecule has 2 heterocycles. The van der Waals surface area contributed by atoms with E-state index in [4.69, 9.17) is 0 Å². The summed E-state index contributed by atoms with van der Waals surface area (Å²) in [5.41, 5.74) is 1.66. The predicted molar refractivity (Wildman–Crippen MR) is 79.7 cm³/mol. The zero-order valence-corrected chi connectivity index (χ0v) is 11.8. The molecule has 0 spiro atoms. The minimum absolute atomic E-state index is 0.00412. The van der Waals surface area contributed by atoms with Gasteiger partial charge in [-0.2, -0.15) is 0 Å². The van der Waals surface area contributed by atoms with Crippen molar-refractivity contribution in [3.63, 3.8) is 0 Å². The second kappa shape index (κ2) is 5.67. The summed E-state index contributed by atoms with van der Waals surface area (Å²) in [5.74, 6) is 0.00412. The lowest BCUT2D eigenvalue weighted by atomic mass is 10.1. The Balaban J connectivity index is 1.63. The highest BCUT2D eigenvalue weighted by molar-refractivity contribution is 5.97. The first-order chi connectivity index (χ1) is 9.78. The standard InChI is InChI=1S/C16H20N3O/c1-2-19-9-3-4-14(19)11-18-16(20)13-6-5-12-7-8-17-15(12)10-13/h5-6,8,10,14,17H,2-4,9,11H2,1H3,(H,18,20). The van der Waals surface area contributed by atoms with Gasteiger partial charge in [0.1, 0.15) is 0 Å². The van der Waals surface area contributed by atoms with Gasteiger partial charge in [-0.05, 0) is 38.1 Å². The molecule has 0 bridgehead atoms. The highest BCUT2D eigenvalue weighted by atomic mass is 16.1. The van der Waals surface area contributed by atoms with E-state index in [9.17, 15) is 4.79 Å². The first kappa shape index (κ1) is 13.2. The van der Waals surface area contributed by atoms with Gasteiger partial charge in [-0.1, -0.05) is 13.0 Å². The molecule has 1 unspecified atom stereocenters. The van der Waals surface area contributed by atoms with E-state index >= 15 is 0 Å². The summed E-state index contributed by atoms with van der Waals surface area (Å²) in [6.07, 6.45) is 4.18. The molecule has 0 saturated carbocycles. The number of carbonyl (C=O) groups excluding carboxylic acids is 1. The SMILES string of the molecule is CCN1CCCC1CNC(=O)c1ccc2[c]c[nH]c2c1. The summed E-state index contributed by atoms with van der Waals surface area (Å²) in [6.45, 7) is 5.13. The van der Waals surface area contributed by atoms with Crippen molar-refractivity contribution < 1.29 is 4.79 Å². The summed E-state index contributed by atoms with van der Waals surface area (Å²) < 4.78 is 0. The van der Waals surface area contributed by atoms with Crippen molar-refractivity contribution in [3.8, 4) is 0 Å². The number of benzene rings is 1. The van der Waals surface area contributed by atoms with E-state index in [1.54, 1.807) is 6.20 Å². The molecule has 1 fully saturated rings. The van der Waals surface area contributed by atoms with Crippen molar-refractivity contribution in [1.82, 2.24) is 15.2 Å². The van der Waals surface area contributed by atoms with Crippen LogP contribution in [-0.2, 0) is 0 Å². The molecule has 105 valence electrons. The molecular weight excluding hydrogens is 250 g/mol. The molecular formula is C16H20N3O. The molecule has 0 aliphatic carbocycles. The molecule has 2 N–H and O–H groups in total. The number of hydrogen-bond donors (Lipinski definition) is 2. The molecule has 1 atom stereocenters. The number of H-pyrrole nitrogens is 1. The van der Waals surface area contributed by atoms with Gasteiger partial charge in [0.2, 0.25) is 0 Å². The van der Waals surface area contributed by atoms with Crippen molar-refractivity contribution in [2.45, 2.75) is 25.8 Å². The van der Waals surface area contributed by atoms with Crippen molar-refractivity contribution in [1.29, 1.82) is 0 Å². The normalized spacial score (nSPS) is 19.6. The number of carbonyl (C=O) groups is 1. The van der Waals surface area contributed by atoms with Crippen molar-refractivity contribution in [3.05, 3.63) is 36.0 Å². The van der Waals surface area contributed by atoms with Crippen LogP contribution < -0.4 is 5.32 Å². The fraction of sp³-hybridized carbons (Fsp3) is 0.438. The van der Waals surface area contributed by atoms with Gasteiger partial charge in [0.25, 0.3) is 5.91 Å². The molecule has 1 aromatic carbocycles. The minimum Gasteiger partial charge on any atom is -0.361 e. The Morgan fingerprint density at radius 1 is 1.55 bits per heavy atom. The lowest BCUT2D eigenvalue weighted by Gasteiger charge is -2.22.